The molecule has 1 atom stereocenters. The highest BCUT2D eigenvalue weighted by Gasteiger charge is 2.25. The van der Waals surface area contributed by atoms with E-state index < -0.39 is 28.3 Å². The third-order valence-electron chi connectivity index (χ3n) is 7.35. The van der Waals surface area contributed by atoms with Crippen molar-refractivity contribution in [3.05, 3.63) is 59.2 Å². The second-order valence-electron chi connectivity index (χ2n) is 10.3. The Bertz CT molecular complexity index is 1620. The molecule has 0 fully saturated rings. The largest absolute Gasteiger partial charge is 0.490 e. The summed E-state index contributed by atoms with van der Waals surface area (Å²) in [7, 11) is -4.04. The topological polar surface area (TPSA) is 106 Å². The zero-order valence-corrected chi connectivity index (χ0v) is 25.4. The minimum atomic E-state index is -4.04. The highest BCUT2D eigenvalue weighted by molar-refractivity contribution is 7.90. The molecule has 0 saturated heterocycles. The number of amides is 1. The number of nitrogens with zero attached hydrogens (tertiary/aromatic N) is 1. The van der Waals surface area contributed by atoms with Gasteiger partial charge in [0.2, 0.25) is 10.0 Å². The molecule has 2 aromatic heterocycles. The summed E-state index contributed by atoms with van der Waals surface area (Å²) in [5.74, 6) is -0.495. The number of sulfonamides is 1. The van der Waals surface area contributed by atoms with E-state index in [4.69, 9.17) is 9.72 Å². The number of ether oxygens (including phenoxy) is 1. The van der Waals surface area contributed by atoms with Crippen LogP contribution in [0.3, 0.4) is 0 Å². The second kappa shape index (κ2) is 12.7. The van der Waals surface area contributed by atoms with Gasteiger partial charge in [-0.1, -0.05) is 51.0 Å². The first-order chi connectivity index (χ1) is 19.1. The highest BCUT2D eigenvalue weighted by atomic mass is 32.2. The fourth-order valence-corrected chi connectivity index (χ4v) is 7.18. The summed E-state index contributed by atoms with van der Waals surface area (Å²) in [6, 6.07) is 13.5. The number of rotatable bonds is 12. The number of aromatic nitrogens is 1. The van der Waals surface area contributed by atoms with Gasteiger partial charge in [-0.25, -0.2) is 18.1 Å². The van der Waals surface area contributed by atoms with Crippen molar-refractivity contribution in [3.8, 4) is 16.3 Å². The molecule has 0 aliphatic heterocycles. The van der Waals surface area contributed by atoms with Crippen LogP contribution in [0.4, 0.5) is 0 Å². The van der Waals surface area contributed by atoms with E-state index in [9.17, 15) is 18.3 Å². The van der Waals surface area contributed by atoms with Crippen molar-refractivity contribution in [2.45, 2.75) is 66.4 Å². The second-order valence-corrected chi connectivity index (χ2v) is 13.2. The van der Waals surface area contributed by atoms with E-state index in [-0.39, 0.29) is 11.7 Å². The Morgan fingerprint density at radius 3 is 2.45 bits per heavy atom. The summed E-state index contributed by atoms with van der Waals surface area (Å²) in [5.41, 5.74) is 3.26. The summed E-state index contributed by atoms with van der Waals surface area (Å²) in [6.45, 7) is 9.73. The number of hydrogen-bond acceptors (Lipinski definition) is 7. The smallest absolute Gasteiger partial charge is 0.265 e. The standard InChI is InChI=1S/C31H38N2O5S2/c1-6-10-22(11-7-2)21(5)38-26-15-14-19(3)29-28(26)24(31(35)33-40(36,37)17-16-34)18-25(32-29)30-20(4)23-12-8-9-13-27(23)39-30/h8-9,12-15,18,21-22,34H,6-7,10-11,16-17H2,1-5H3,(H,33,35)/t21-/m1/s1. The Labute approximate surface area is 240 Å². The molecule has 9 heteroatoms. The van der Waals surface area contributed by atoms with Crippen LogP contribution in [-0.4, -0.2) is 42.9 Å². The molecule has 2 heterocycles. The number of aliphatic hydroxyl groups excluding tert-OH is 1. The first-order valence-electron chi connectivity index (χ1n) is 13.8. The van der Waals surface area contributed by atoms with Gasteiger partial charge in [-0.05, 0) is 74.2 Å². The summed E-state index contributed by atoms with van der Waals surface area (Å²) < 4.78 is 34.8. The molecule has 4 aromatic rings. The molecular formula is C31H38N2O5S2. The predicted octanol–water partition coefficient (Wildman–Crippen LogP) is 6.77. The molecule has 0 aliphatic carbocycles. The molecule has 0 spiro atoms. The maximum atomic E-state index is 13.6. The van der Waals surface area contributed by atoms with E-state index in [1.807, 2.05) is 44.2 Å². The van der Waals surface area contributed by atoms with Crippen LogP contribution in [0.15, 0.2) is 42.5 Å². The molecule has 40 heavy (non-hydrogen) atoms. The van der Waals surface area contributed by atoms with Gasteiger partial charge in [0.1, 0.15) is 5.75 Å². The van der Waals surface area contributed by atoms with Crippen LogP contribution in [0.2, 0.25) is 0 Å². The monoisotopic (exact) mass is 582 g/mol. The Kier molecular flexibility index (Phi) is 9.48. The lowest BCUT2D eigenvalue weighted by Crippen LogP contribution is -2.33. The number of pyridine rings is 1. The molecule has 0 saturated carbocycles. The Morgan fingerprint density at radius 1 is 1.10 bits per heavy atom. The van der Waals surface area contributed by atoms with Gasteiger partial charge in [-0.15, -0.1) is 11.3 Å². The molecule has 7 nitrogen and oxygen atoms in total. The van der Waals surface area contributed by atoms with E-state index in [0.717, 1.165) is 51.8 Å². The summed E-state index contributed by atoms with van der Waals surface area (Å²) >= 11 is 1.59. The van der Waals surface area contributed by atoms with Crippen LogP contribution in [0, 0.1) is 19.8 Å². The predicted molar refractivity (Wildman–Crippen MR) is 164 cm³/mol. The van der Waals surface area contributed by atoms with E-state index >= 15 is 0 Å². The van der Waals surface area contributed by atoms with E-state index in [0.29, 0.717) is 28.3 Å². The van der Waals surface area contributed by atoms with Gasteiger partial charge in [-0.3, -0.25) is 4.79 Å². The molecule has 2 aromatic carbocycles. The van der Waals surface area contributed by atoms with Crippen molar-refractivity contribution < 1.29 is 23.1 Å². The van der Waals surface area contributed by atoms with Gasteiger partial charge in [0, 0.05) is 4.70 Å². The van der Waals surface area contributed by atoms with Crippen LogP contribution in [0.5, 0.6) is 5.75 Å². The fraction of sp³-hybridized carbons (Fsp3) is 0.419. The third kappa shape index (κ3) is 6.32. The molecule has 1 amide bonds. The number of benzene rings is 2. The van der Waals surface area contributed by atoms with Crippen molar-refractivity contribution in [1.29, 1.82) is 0 Å². The normalized spacial score (nSPS) is 12.8. The Hall–Kier alpha value is -3.01. The Morgan fingerprint density at radius 2 is 1.80 bits per heavy atom. The van der Waals surface area contributed by atoms with E-state index in [2.05, 4.69) is 31.6 Å². The molecule has 0 bridgehead atoms. The summed E-state index contributed by atoms with van der Waals surface area (Å²) in [6.07, 6.45) is 4.04. The number of carbonyl (C=O) groups excluding carboxylic acids is 1. The lowest BCUT2D eigenvalue weighted by Gasteiger charge is -2.26. The van der Waals surface area contributed by atoms with Crippen LogP contribution in [0.1, 0.15) is 67.9 Å². The van der Waals surface area contributed by atoms with Crippen molar-refractivity contribution in [2.24, 2.45) is 5.92 Å². The maximum Gasteiger partial charge on any atom is 0.265 e. The zero-order valence-electron chi connectivity index (χ0n) is 23.8. The highest BCUT2D eigenvalue weighted by Crippen LogP contribution is 2.40. The molecule has 0 unspecified atom stereocenters. The van der Waals surface area contributed by atoms with Gasteiger partial charge in [0.05, 0.1) is 45.5 Å². The molecule has 2 N–H and O–H groups in total. The van der Waals surface area contributed by atoms with E-state index in [1.54, 1.807) is 17.4 Å². The number of carbonyl (C=O) groups is 1. The van der Waals surface area contributed by atoms with Gasteiger partial charge in [-0.2, -0.15) is 0 Å². The first kappa shape index (κ1) is 30.0. The van der Waals surface area contributed by atoms with Gasteiger partial charge >= 0.3 is 0 Å². The number of nitrogens with one attached hydrogen (secondary N) is 1. The van der Waals surface area contributed by atoms with Crippen molar-refractivity contribution >= 4 is 48.3 Å². The molecular weight excluding hydrogens is 544 g/mol. The number of thiophene rings is 1. The molecule has 0 aliphatic rings. The zero-order chi connectivity index (χ0) is 29.0. The SMILES string of the molecule is CCCC(CCC)[C@@H](C)Oc1ccc(C)c2nc(-c3sc4ccccc4c3C)cc(C(=O)NS(=O)(=O)CCO)c12. The maximum absolute atomic E-state index is 13.6. The number of aryl methyl sites for hydroxylation is 2. The number of aliphatic hydroxyl groups is 1. The first-order valence-corrected chi connectivity index (χ1v) is 16.3. The minimum absolute atomic E-state index is 0.107. The number of hydrogen-bond donors (Lipinski definition) is 2. The van der Waals surface area contributed by atoms with Crippen LogP contribution in [0.25, 0.3) is 31.6 Å². The van der Waals surface area contributed by atoms with Crippen molar-refractivity contribution in [1.82, 2.24) is 9.71 Å². The van der Waals surface area contributed by atoms with Crippen molar-refractivity contribution in [2.75, 3.05) is 12.4 Å². The molecule has 214 valence electrons. The average Bonchev–Trinajstić information content (AvgIpc) is 3.25. The van der Waals surface area contributed by atoms with Crippen LogP contribution < -0.4 is 9.46 Å². The average molecular weight is 583 g/mol. The van der Waals surface area contributed by atoms with Crippen molar-refractivity contribution in [3.63, 3.8) is 0 Å². The van der Waals surface area contributed by atoms with Gasteiger partial charge in [0.15, 0.2) is 0 Å². The summed E-state index contributed by atoms with van der Waals surface area (Å²) in [4.78, 5) is 19.6. The van der Waals surface area contributed by atoms with Gasteiger partial charge in [0.25, 0.3) is 5.91 Å². The third-order valence-corrected chi connectivity index (χ3v) is 9.86. The van der Waals surface area contributed by atoms with Gasteiger partial charge < -0.3 is 9.84 Å². The van der Waals surface area contributed by atoms with E-state index in [1.165, 1.54) is 0 Å². The number of fused-ring (bicyclic) bond motifs is 2. The molecule has 0 radical (unpaired) electrons. The fourth-order valence-electron chi connectivity index (χ4n) is 5.27. The quantitative estimate of drug-likeness (QED) is 0.191. The van der Waals surface area contributed by atoms with Crippen LogP contribution >= 0.6 is 11.3 Å². The Balaban J connectivity index is 1.93. The lowest BCUT2D eigenvalue weighted by atomic mass is 9.93. The lowest BCUT2D eigenvalue weighted by molar-refractivity contribution is 0.0981. The minimum Gasteiger partial charge on any atom is -0.490 e. The van der Waals surface area contributed by atoms with Crippen LogP contribution in [-0.2, 0) is 10.0 Å². The summed E-state index contributed by atoms with van der Waals surface area (Å²) in [5, 5.41) is 10.8. The molecule has 4 rings (SSSR count).